The monoisotopic (exact) mass is 648 g/mol. The van der Waals surface area contributed by atoms with Crippen molar-refractivity contribution < 1.29 is 0 Å². The summed E-state index contributed by atoms with van der Waals surface area (Å²) < 4.78 is 1.08. The van der Waals surface area contributed by atoms with Crippen LogP contribution in [0, 0.1) is 0 Å². The van der Waals surface area contributed by atoms with Crippen LogP contribution in [0.2, 0.25) is 0 Å². The highest BCUT2D eigenvalue weighted by Gasteiger charge is 2.46. The molecule has 0 atom stereocenters. The number of fused-ring (bicyclic) bond motifs is 5. The van der Waals surface area contributed by atoms with Gasteiger partial charge in [-0.1, -0.05) is 174 Å². The molecule has 9 rings (SSSR count). The topological polar surface area (TPSA) is 0 Å². The third-order valence-corrected chi connectivity index (χ3v) is 10.3. The lowest BCUT2D eigenvalue weighted by atomic mass is 9.67. The first-order chi connectivity index (χ1) is 22.7. The summed E-state index contributed by atoms with van der Waals surface area (Å²) in [7, 11) is 0. The van der Waals surface area contributed by atoms with Gasteiger partial charge in [-0.25, -0.2) is 0 Å². The first-order valence-corrected chi connectivity index (χ1v) is 16.6. The molecular weight excluding hydrogens is 620 g/mol. The molecule has 0 N–H and O–H groups in total. The van der Waals surface area contributed by atoms with Crippen molar-refractivity contribution in [3.8, 4) is 33.4 Å². The molecule has 0 saturated heterocycles. The lowest BCUT2D eigenvalue weighted by Crippen LogP contribution is -2.28. The normalized spacial score (nSPS) is 13.1. The van der Waals surface area contributed by atoms with E-state index in [-0.39, 0.29) is 0 Å². The van der Waals surface area contributed by atoms with E-state index in [1.807, 2.05) is 0 Å². The van der Waals surface area contributed by atoms with E-state index in [9.17, 15) is 0 Å². The molecule has 0 heterocycles. The third kappa shape index (κ3) is 3.92. The summed E-state index contributed by atoms with van der Waals surface area (Å²) in [4.78, 5) is 0. The fourth-order valence-corrected chi connectivity index (χ4v) is 8.39. The number of benzene rings is 8. The molecule has 0 saturated carbocycles. The van der Waals surface area contributed by atoms with E-state index in [1.54, 1.807) is 0 Å². The summed E-state index contributed by atoms with van der Waals surface area (Å²) in [5.74, 6) is 0. The molecule has 8 aromatic rings. The van der Waals surface area contributed by atoms with Gasteiger partial charge in [0.2, 0.25) is 0 Å². The largest absolute Gasteiger partial charge is 0.0714 e. The zero-order valence-corrected chi connectivity index (χ0v) is 26.7. The average Bonchev–Trinajstić information content (AvgIpc) is 3.42. The van der Waals surface area contributed by atoms with Gasteiger partial charge < -0.3 is 0 Å². The molecule has 0 nitrogen and oxygen atoms in total. The molecule has 0 spiro atoms. The van der Waals surface area contributed by atoms with Gasteiger partial charge >= 0.3 is 0 Å². The first kappa shape index (κ1) is 27.1. The van der Waals surface area contributed by atoms with Crippen LogP contribution < -0.4 is 0 Å². The zero-order chi connectivity index (χ0) is 30.7. The maximum Gasteiger partial charge on any atom is 0.0714 e. The van der Waals surface area contributed by atoms with E-state index in [0.29, 0.717) is 0 Å². The third-order valence-electron chi connectivity index (χ3n) is 9.79. The first-order valence-electron chi connectivity index (χ1n) is 15.8. The van der Waals surface area contributed by atoms with Crippen molar-refractivity contribution in [1.29, 1.82) is 0 Å². The molecule has 0 fully saturated rings. The molecule has 8 aromatic carbocycles. The Bertz CT molecular complexity index is 2380. The lowest BCUT2D eigenvalue weighted by Gasteiger charge is -2.34. The highest BCUT2D eigenvalue weighted by atomic mass is 79.9. The van der Waals surface area contributed by atoms with Gasteiger partial charge in [0.1, 0.15) is 0 Å². The van der Waals surface area contributed by atoms with Crippen molar-refractivity contribution in [1.82, 2.24) is 0 Å². The Balaban J connectivity index is 1.48. The Morgan fingerprint density at radius 2 is 0.826 bits per heavy atom. The smallest absolute Gasteiger partial charge is 0.0622 e. The molecule has 216 valence electrons. The van der Waals surface area contributed by atoms with E-state index in [2.05, 4.69) is 192 Å². The molecule has 0 amide bonds. The summed E-state index contributed by atoms with van der Waals surface area (Å²) in [6, 6.07) is 64.8. The number of rotatable bonds is 4. The minimum atomic E-state index is -0.488. The molecule has 46 heavy (non-hydrogen) atoms. The Kier molecular flexibility index (Phi) is 6.30. The predicted molar refractivity (Wildman–Crippen MR) is 197 cm³/mol. The Labute approximate surface area is 277 Å². The van der Waals surface area contributed by atoms with Crippen LogP contribution in [0.3, 0.4) is 0 Å². The minimum Gasteiger partial charge on any atom is -0.0622 e. The van der Waals surface area contributed by atoms with Crippen molar-refractivity contribution in [2.75, 3.05) is 0 Å². The number of hydrogen-bond acceptors (Lipinski definition) is 0. The SMILES string of the molecule is Brc1cccc(C2(c3ccc4c(-c5ccccc5)c5ccccc5c(-c5ccccc5)c4c3)c3ccccc3-c3ccccc32)c1. The minimum absolute atomic E-state index is 0.488. The van der Waals surface area contributed by atoms with Crippen LogP contribution in [0.4, 0.5) is 0 Å². The van der Waals surface area contributed by atoms with Crippen molar-refractivity contribution in [2.24, 2.45) is 0 Å². The summed E-state index contributed by atoms with van der Waals surface area (Å²) >= 11 is 3.83. The van der Waals surface area contributed by atoms with E-state index >= 15 is 0 Å². The zero-order valence-electron chi connectivity index (χ0n) is 25.1. The predicted octanol–water partition coefficient (Wildman–Crippen LogP) is 12.5. The van der Waals surface area contributed by atoms with Gasteiger partial charge in [-0.3, -0.25) is 0 Å². The highest BCUT2D eigenvalue weighted by Crippen LogP contribution is 2.57. The van der Waals surface area contributed by atoms with Crippen LogP contribution >= 0.6 is 15.9 Å². The van der Waals surface area contributed by atoms with Gasteiger partial charge in [-0.2, -0.15) is 0 Å². The van der Waals surface area contributed by atoms with Crippen molar-refractivity contribution >= 4 is 37.5 Å². The second-order valence-electron chi connectivity index (χ2n) is 12.1. The van der Waals surface area contributed by atoms with Crippen LogP contribution in [-0.2, 0) is 5.41 Å². The molecule has 1 aliphatic rings. The lowest BCUT2D eigenvalue weighted by molar-refractivity contribution is 0.769. The molecule has 0 bridgehead atoms. The fourth-order valence-electron chi connectivity index (χ4n) is 7.99. The van der Waals surface area contributed by atoms with Crippen molar-refractivity contribution in [3.05, 3.63) is 203 Å². The summed E-state index contributed by atoms with van der Waals surface area (Å²) in [6.45, 7) is 0. The molecular formula is C45H29Br. The molecule has 0 unspecified atom stereocenters. The summed E-state index contributed by atoms with van der Waals surface area (Å²) in [6.07, 6.45) is 0. The molecule has 0 aromatic heterocycles. The van der Waals surface area contributed by atoms with Crippen LogP contribution in [0.5, 0.6) is 0 Å². The van der Waals surface area contributed by atoms with Gasteiger partial charge in [0, 0.05) is 4.47 Å². The number of hydrogen-bond donors (Lipinski definition) is 0. The van der Waals surface area contributed by atoms with Crippen LogP contribution in [-0.4, -0.2) is 0 Å². The van der Waals surface area contributed by atoms with Crippen molar-refractivity contribution in [3.63, 3.8) is 0 Å². The van der Waals surface area contributed by atoms with Gasteiger partial charge in [0.05, 0.1) is 5.41 Å². The van der Waals surface area contributed by atoms with Crippen molar-refractivity contribution in [2.45, 2.75) is 5.41 Å². The summed E-state index contributed by atoms with van der Waals surface area (Å²) in [5.41, 5.74) is 12.3. The average molecular weight is 650 g/mol. The molecule has 1 heteroatoms. The maximum absolute atomic E-state index is 3.83. The van der Waals surface area contributed by atoms with E-state index in [4.69, 9.17) is 0 Å². The molecule has 0 aliphatic heterocycles. The Morgan fingerprint density at radius 1 is 0.348 bits per heavy atom. The van der Waals surface area contributed by atoms with E-state index in [0.717, 1.165) is 4.47 Å². The Hall–Kier alpha value is -5.24. The Morgan fingerprint density at radius 3 is 1.41 bits per heavy atom. The van der Waals surface area contributed by atoms with Gasteiger partial charge in [0.15, 0.2) is 0 Å². The van der Waals surface area contributed by atoms with Gasteiger partial charge in [-0.15, -0.1) is 0 Å². The van der Waals surface area contributed by atoms with E-state index in [1.165, 1.54) is 77.2 Å². The van der Waals surface area contributed by atoms with E-state index < -0.39 is 5.41 Å². The van der Waals surface area contributed by atoms with Crippen LogP contribution in [0.1, 0.15) is 22.3 Å². The molecule has 0 radical (unpaired) electrons. The van der Waals surface area contributed by atoms with Crippen LogP contribution in [0.25, 0.3) is 54.9 Å². The van der Waals surface area contributed by atoms with Gasteiger partial charge in [0.25, 0.3) is 0 Å². The quantitative estimate of drug-likeness (QED) is 0.167. The van der Waals surface area contributed by atoms with Gasteiger partial charge in [-0.05, 0) is 95.4 Å². The maximum atomic E-state index is 3.83. The molecule has 1 aliphatic carbocycles. The second-order valence-corrected chi connectivity index (χ2v) is 13.1. The fraction of sp³-hybridized carbons (Fsp3) is 0.0222. The highest BCUT2D eigenvalue weighted by molar-refractivity contribution is 9.10. The standard InChI is InChI=1S/C45H29Br/c46-34-19-13-18-32(28-34)45(41-24-11-9-20-35(41)36-21-10-12-25-42(36)45)33-26-27-39-40(29-33)44(31-16-5-2-6-17-31)38-23-8-7-22-37(38)43(39)30-14-3-1-4-15-30/h1-29H. The number of halogens is 1. The summed E-state index contributed by atoms with van der Waals surface area (Å²) in [5, 5.41) is 5.06. The van der Waals surface area contributed by atoms with Crippen LogP contribution in [0.15, 0.2) is 180 Å². The second kappa shape index (κ2) is 10.7.